The molecule has 2 aromatic heterocycles. The average Bonchev–Trinajstić information content (AvgIpc) is 3.34. The van der Waals surface area contributed by atoms with Gasteiger partial charge in [-0.3, -0.25) is 0 Å². The van der Waals surface area contributed by atoms with E-state index in [9.17, 15) is 4.39 Å². The zero-order valence-electron chi connectivity index (χ0n) is 19.7. The maximum Gasteiger partial charge on any atom is 0.162 e. The van der Waals surface area contributed by atoms with Crippen molar-refractivity contribution in [3.63, 3.8) is 0 Å². The van der Waals surface area contributed by atoms with Gasteiger partial charge in [0.25, 0.3) is 0 Å². The summed E-state index contributed by atoms with van der Waals surface area (Å²) in [6.07, 6.45) is 3.32. The van der Waals surface area contributed by atoms with Crippen LogP contribution < -0.4 is 15.4 Å². The molecule has 0 atom stereocenters. The Hall–Kier alpha value is -4.05. The first-order valence-electron chi connectivity index (χ1n) is 11.6. The summed E-state index contributed by atoms with van der Waals surface area (Å²) in [6, 6.07) is 19.5. The van der Waals surface area contributed by atoms with Gasteiger partial charge in [-0.1, -0.05) is 35.9 Å². The number of anilines is 2. The molecular formula is C27H24ClFN6O2. The third-order valence-electron chi connectivity index (χ3n) is 5.60. The fourth-order valence-corrected chi connectivity index (χ4v) is 4.00. The van der Waals surface area contributed by atoms with E-state index in [1.807, 2.05) is 36.5 Å². The summed E-state index contributed by atoms with van der Waals surface area (Å²) >= 11 is 6.44. The van der Waals surface area contributed by atoms with Crippen molar-refractivity contribution in [2.75, 3.05) is 18.5 Å². The van der Waals surface area contributed by atoms with Crippen LogP contribution in [0.15, 0.2) is 79.3 Å². The summed E-state index contributed by atoms with van der Waals surface area (Å²) in [5.41, 5.74) is 4.71. The fourth-order valence-electron chi connectivity index (χ4n) is 3.76. The average molecular weight is 519 g/mol. The number of aliphatic hydroxyl groups is 1. The van der Waals surface area contributed by atoms with Crippen LogP contribution in [0.5, 0.6) is 5.75 Å². The summed E-state index contributed by atoms with van der Waals surface area (Å²) in [5.74, 6) is 0.718. The zero-order chi connectivity index (χ0) is 25.6. The van der Waals surface area contributed by atoms with Crippen molar-refractivity contribution in [3.8, 4) is 11.4 Å². The largest absolute Gasteiger partial charge is 0.487 e. The van der Waals surface area contributed by atoms with E-state index in [2.05, 4.69) is 25.7 Å². The highest BCUT2D eigenvalue weighted by Crippen LogP contribution is 2.31. The lowest BCUT2D eigenvalue weighted by Crippen LogP contribution is -2.17. The molecule has 5 rings (SSSR count). The van der Waals surface area contributed by atoms with Crippen LogP contribution in [0.2, 0.25) is 5.02 Å². The van der Waals surface area contributed by atoms with E-state index in [-0.39, 0.29) is 19.0 Å². The van der Waals surface area contributed by atoms with E-state index in [0.29, 0.717) is 52.0 Å². The van der Waals surface area contributed by atoms with Crippen molar-refractivity contribution in [3.05, 3.63) is 101 Å². The summed E-state index contributed by atoms with van der Waals surface area (Å²) in [6.45, 7) is 1.54. The molecule has 2 heterocycles. The van der Waals surface area contributed by atoms with Gasteiger partial charge in [0.1, 0.15) is 30.0 Å². The van der Waals surface area contributed by atoms with Crippen LogP contribution in [0.25, 0.3) is 16.7 Å². The lowest BCUT2D eigenvalue weighted by Gasteiger charge is -2.11. The predicted octanol–water partition coefficient (Wildman–Crippen LogP) is 5.01. The molecule has 188 valence electrons. The number of nitrogens with one attached hydrogen (secondary N) is 2. The highest BCUT2D eigenvalue weighted by Gasteiger charge is 2.12. The number of aliphatic hydroxyl groups excluding tert-OH is 1. The molecule has 0 aliphatic carbocycles. The third-order valence-corrected chi connectivity index (χ3v) is 5.89. The maximum absolute atomic E-state index is 13.4. The second-order valence-electron chi connectivity index (χ2n) is 8.29. The molecule has 0 saturated heterocycles. The van der Waals surface area contributed by atoms with Crippen LogP contribution in [0, 0.1) is 5.82 Å². The summed E-state index contributed by atoms with van der Waals surface area (Å²) in [4.78, 5) is 8.71. The maximum atomic E-state index is 13.4. The summed E-state index contributed by atoms with van der Waals surface area (Å²) < 4.78 is 20.9. The molecule has 10 heteroatoms. The van der Waals surface area contributed by atoms with Gasteiger partial charge in [-0.25, -0.2) is 19.0 Å². The molecule has 0 aliphatic rings. The Morgan fingerprint density at radius 3 is 2.65 bits per heavy atom. The predicted molar refractivity (Wildman–Crippen MR) is 141 cm³/mol. The molecule has 0 radical (unpaired) electrons. The monoisotopic (exact) mass is 518 g/mol. The van der Waals surface area contributed by atoms with E-state index in [1.54, 1.807) is 28.9 Å². The molecule has 3 N–H and O–H groups in total. The van der Waals surface area contributed by atoms with Crippen LogP contribution >= 0.6 is 11.6 Å². The number of fused-ring (bicyclic) bond motifs is 1. The Morgan fingerprint density at radius 1 is 1.00 bits per heavy atom. The molecule has 0 aliphatic heterocycles. The number of ether oxygens (including phenoxy) is 1. The van der Waals surface area contributed by atoms with Crippen molar-refractivity contribution < 1.29 is 14.2 Å². The Bertz CT molecular complexity index is 1510. The van der Waals surface area contributed by atoms with Gasteiger partial charge in [0.2, 0.25) is 0 Å². The molecule has 3 aromatic carbocycles. The van der Waals surface area contributed by atoms with E-state index < -0.39 is 0 Å². The summed E-state index contributed by atoms with van der Waals surface area (Å²) in [7, 11) is 0. The Kier molecular flexibility index (Phi) is 7.55. The number of nitrogens with zero attached hydrogens (tertiary/aromatic N) is 4. The second-order valence-corrected chi connectivity index (χ2v) is 8.69. The van der Waals surface area contributed by atoms with Gasteiger partial charge >= 0.3 is 0 Å². The van der Waals surface area contributed by atoms with Crippen LogP contribution in [-0.4, -0.2) is 38.0 Å². The second kappa shape index (κ2) is 11.3. The molecule has 8 nitrogen and oxygen atoms in total. The zero-order valence-corrected chi connectivity index (χ0v) is 20.5. The highest BCUT2D eigenvalue weighted by atomic mass is 35.5. The normalized spacial score (nSPS) is 11.1. The minimum absolute atomic E-state index is 0.107. The van der Waals surface area contributed by atoms with Crippen molar-refractivity contribution in [2.24, 2.45) is 0 Å². The van der Waals surface area contributed by atoms with E-state index >= 15 is 0 Å². The van der Waals surface area contributed by atoms with Crippen molar-refractivity contribution in [1.29, 1.82) is 0 Å². The van der Waals surface area contributed by atoms with Gasteiger partial charge < -0.3 is 20.5 Å². The smallest absolute Gasteiger partial charge is 0.162 e. The lowest BCUT2D eigenvalue weighted by molar-refractivity contribution is 0.292. The van der Waals surface area contributed by atoms with Gasteiger partial charge in [-0.15, -0.1) is 0 Å². The highest BCUT2D eigenvalue weighted by molar-refractivity contribution is 6.32. The van der Waals surface area contributed by atoms with Crippen molar-refractivity contribution in [2.45, 2.75) is 13.2 Å². The minimum atomic E-state index is -0.311. The minimum Gasteiger partial charge on any atom is -0.487 e. The standard InChI is InChI=1S/C27H24ClFN6O2/c28-23-13-21(6-9-25(23)37-16-19-2-1-3-20(29)12-19)33-27-26-24(31-17-32-27)15-35(34-26)22-7-4-18(5-8-22)14-30-10-11-36/h1-9,12-13,15,17,30,36H,10-11,14,16H2,(H,31,32,33). The number of halogens is 2. The number of benzene rings is 3. The molecule has 0 saturated carbocycles. The molecule has 0 spiro atoms. The topological polar surface area (TPSA) is 97.1 Å². The quantitative estimate of drug-likeness (QED) is 0.223. The van der Waals surface area contributed by atoms with Crippen molar-refractivity contribution >= 4 is 34.1 Å². The molecule has 0 amide bonds. The van der Waals surface area contributed by atoms with E-state index in [4.69, 9.17) is 21.4 Å². The number of hydrogen-bond donors (Lipinski definition) is 3. The summed E-state index contributed by atoms with van der Waals surface area (Å²) in [5, 5.41) is 20.4. The first-order chi connectivity index (χ1) is 18.1. The number of aromatic nitrogens is 4. The lowest BCUT2D eigenvalue weighted by atomic mass is 10.2. The Labute approximate surface area is 217 Å². The molecule has 37 heavy (non-hydrogen) atoms. The van der Waals surface area contributed by atoms with Crippen LogP contribution in [0.1, 0.15) is 11.1 Å². The van der Waals surface area contributed by atoms with Crippen LogP contribution in [0.4, 0.5) is 15.9 Å². The van der Waals surface area contributed by atoms with Gasteiger partial charge in [0, 0.05) is 18.8 Å². The third kappa shape index (κ3) is 6.03. The first-order valence-corrected chi connectivity index (χ1v) is 12.0. The molecule has 0 fully saturated rings. The SMILES string of the molecule is OCCNCc1ccc(-n2cc3ncnc(Nc4ccc(OCc5cccc(F)c5)c(Cl)c4)c3n2)cc1. The Morgan fingerprint density at radius 2 is 1.86 bits per heavy atom. The van der Waals surface area contributed by atoms with E-state index in [0.717, 1.165) is 11.3 Å². The van der Waals surface area contributed by atoms with Gasteiger partial charge in [-0.05, 0) is 53.6 Å². The fraction of sp³-hybridized carbons (Fsp3) is 0.148. The van der Waals surface area contributed by atoms with Crippen molar-refractivity contribution in [1.82, 2.24) is 25.1 Å². The van der Waals surface area contributed by atoms with E-state index in [1.165, 1.54) is 18.5 Å². The van der Waals surface area contributed by atoms with Gasteiger partial charge in [-0.2, -0.15) is 5.10 Å². The number of rotatable bonds is 10. The van der Waals surface area contributed by atoms with Gasteiger partial charge in [0.05, 0.1) is 23.5 Å². The molecular weight excluding hydrogens is 495 g/mol. The van der Waals surface area contributed by atoms with Crippen LogP contribution in [0.3, 0.4) is 0 Å². The van der Waals surface area contributed by atoms with Crippen LogP contribution in [-0.2, 0) is 13.2 Å². The molecule has 0 bridgehead atoms. The molecule has 5 aromatic rings. The number of hydrogen-bond acceptors (Lipinski definition) is 7. The molecule has 0 unspecified atom stereocenters. The Balaban J connectivity index is 1.30. The van der Waals surface area contributed by atoms with Gasteiger partial charge in [0.15, 0.2) is 11.3 Å². The first kappa shape index (κ1) is 24.6.